The molecule has 3 aromatic rings. The third-order valence-corrected chi connectivity index (χ3v) is 5.14. The predicted molar refractivity (Wildman–Crippen MR) is 111 cm³/mol. The molecule has 0 radical (unpaired) electrons. The Morgan fingerprint density at radius 2 is 1.86 bits per heavy atom. The number of aromatic nitrogens is 4. The van der Waals surface area contributed by atoms with Crippen molar-refractivity contribution < 1.29 is 0 Å². The normalized spacial score (nSPS) is 16.6. The third-order valence-electron chi connectivity index (χ3n) is 5.14. The quantitative estimate of drug-likeness (QED) is 0.698. The van der Waals surface area contributed by atoms with E-state index in [0.717, 1.165) is 11.3 Å². The Kier molecular flexibility index (Phi) is 4.26. The minimum Gasteiger partial charge on any atom is -0.294 e. The van der Waals surface area contributed by atoms with E-state index in [9.17, 15) is 9.59 Å². The first-order valence-electron chi connectivity index (χ1n) is 9.12. The van der Waals surface area contributed by atoms with E-state index in [2.05, 4.69) is 10.1 Å². The summed E-state index contributed by atoms with van der Waals surface area (Å²) < 4.78 is 4.52. The van der Waals surface area contributed by atoms with Gasteiger partial charge in [-0.25, -0.2) is 9.80 Å². The number of allylic oxidation sites excluding steroid dienone is 1. The molecule has 1 aliphatic heterocycles. The fraction of sp³-hybridized carbons (Fsp3) is 0.300. The number of benzene rings is 1. The zero-order chi connectivity index (χ0) is 20.0. The zero-order valence-electron chi connectivity index (χ0n) is 16.3. The van der Waals surface area contributed by atoms with E-state index >= 15 is 0 Å². The van der Waals surface area contributed by atoms with E-state index in [1.165, 1.54) is 9.13 Å². The van der Waals surface area contributed by atoms with Crippen LogP contribution in [0.15, 0.2) is 51.1 Å². The molecule has 1 aromatic carbocycles. The van der Waals surface area contributed by atoms with Crippen LogP contribution in [0.1, 0.15) is 25.5 Å². The summed E-state index contributed by atoms with van der Waals surface area (Å²) in [4.78, 5) is 30.5. The van der Waals surface area contributed by atoms with Gasteiger partial charge in [-0.15, -0.1) is 0 Å². The molecule has 1 atom stereocenters. The molecule has 0 N–H and O–H groups in total. The van der Waals surface area contributed by atoms with Crippen LogP contribution >= 0.6 is 0 Å². The number of nitrogens with zero attached hydrogens (tertiary/aromatic N) is 6. The van der Waals surface area contributed by atoms with Gasteiger partial charge in [0.2, 0.25) is 5.95 Å². The van der Waals surface area contributed by atoms with E-state index in [4.69, 9.17) is 0 Å². The maximum absolute atomic E-state index is 13.2. The molecule has 1 aliphatic rings. The molecular weight excluding hydrogens is 356 g/mol. The van der Waals surface area contributed by atoms with Gasteiger partial charge >= 0.3 is 5.69 Å². The van der Waals surface area contributed by atoms with Crippen molar-refractivity contribution in [2.24, 2.45) is 12.1 Å². The molecule has 8 nitrogen and oxygen atoms in total. The highest BCUT2D eigenvalue weighted by molar-refractivity contribution is 5.90. The van der Waals surface area contributed by atoms with Crippen molar-refractivity contribution >= 4 is 28.9 Å². The van der Waals surface area contributed by atoms with E-state index < -0.39 is 5.69 Å². The molecule has 0 spiro atoms. The Balaban J connectivity index is 1.87. The van der Waals surface area contributed by atoms with Crippen molar-refractivity contribution in [1.82, 2.24) is 18.7 Å². The Bertz CT molecular complexity index is 1230. The van der Waals surface area contributed by atoms with Crippen molar-refractivity contribution in [3.05, 3.63) is 62.8 Å². The van der Waals surface area contributed by atoms with Crippen molar-refractivity contribution in [2.45, 2.75) is 26.4 Å². The van der Waals surface area contributed by atoms with Gasteiger partial charge in [-0.2, -0.15) is 10.1 Å². The zero-order valence-corrected chi connectivity index (χ0v) is 16.3. The number of fused-ring (bicyclic) bond motifs is 3. The van der Waals surface area contributed by atoms with Gasteiger partial charge in [0.1, 0.15) is 0 Å². The topological polar surface area (TPSA) is 77.4 Å². The van der Waals surface area contributed by atoms with Crippen LogP contribution in [0.2, 0.25) is 0 Å². The van der Waals surface area contributed by atoms with Crippen molar-refractivity contribution in [1.29, 1.82) is 0 Å². The third kappa shape index (κ3) is 2.69. The molecule has 28 heavy (non-hydrogen) atoms. The fourth-order valence-corrected chi connectivity index (χ4v) is 3.49. The van der Waals surface area contributed by atoms with Crippen molar-refractivity contribution in [3.8, 4) is 0 Å². The SMILES string of the molecule is CC1=NN(C)c2nc3c(c(=O)n(C/C=C/c4ccccc4)c(=O)n3C)n2[C@H]1C. The summed E-state index contributed by atoms with van der Waals surface area (Å²) in [6.07, 6.45) is 3.72. The molecule has 0 saturated carbocycles. The minimum atomic E-state index is -0.390. The minimum absolute atomic E-state index is 0.116. The molecular formula is C20H22N6O2. The lowest BCUT2D eigenvalue weighted by molar-refractivity contribution is 0.643. The molecule has 0 fully saturated rings. The predicted octanol–water partition coefficient (Wildman–Crippen LogP) is 2.00. The fourth-order valence-electron chi connectivity index (χ4n) is 3.49. The molecule has 0 amide bonds. The van der Waals surface area contributed by atoms with Gasteiger partial charge in [-0.1, -0.05) is 42.5 Å². The van der Waals surface area contributed by atoms with Crippen LogP contribution in [-0.2, 0) is 13.6 Å². The number of hydrazone groups is 1. The van der Waals surface area contributed by atoms with Crippen molar-refractivity contribution in [2.75, 3.05) is 12.1 Å². The van der Waals surface area contributed by atoms with E-state index in [1.54, 1.807) is 19.1 Å². The summed E-state index contributed by atoms with van der Waals surface area (Å²) in [5.74, 6) is 0.553. The second-order valence-corrected chi connectivity index (χ2v) is 6.97. The van der Waals surface area contributed by atoms with Gasteiger partial charge in [0, 0.05) is 20.6 Å². The smallest absolute Gasteiger partial charge is 0.294 e. The van der Waals surface area contributed by atoms with Gasteiger partial charge in [0.15, 0.2) is 11.2 Å². The number of hydrogen-bond donors (Lipinski definition) is 0. The summed E-state index contributed by atoms with van der Waals surface area (Å²) in [5, 5.41) is 6.08. The highest BCUT2D eigenvalue weighted by atomic mass is 16.2. The molecule has 0 unspecified atom stereocenters. The highest BCUT2D eigenvalue weighted by Crippen LogP contribution is 2.28. The van der Waals surface area contributed by atoms with Gasteiger partial charge in [-0.3, -0.25) is 18.5 Å². The molecule has 4 rings (SSSR count). The number of hydrogen-bond acceptors (Lipinski definition) is 5. The first-order valence-corrected chi connectivity index (χ1v) is 9.12. The maximum Gasteiger partial charge on any atom is 0.332 e. The molecule has 0 aliphatic carbocycles. The van der Waals surface area contributed by atoms with Crippen LogP contribution in [0.3, 0.4) is 0 Å². The van der Waals surface area contributed by atoms with Crippen LogP contribution in [0.25, 0.3) is 17.2 Å². The summed E-state index contributed by atoms with van der Waals surface area (Å²) in [7, 11) is 3.42. The molecule has 2 aromatic heterocycles. The molecule has 0 saturated heterocycles. The maximum atomic E-state index is 13.2. The van der Waals surface area contributed by atoms with Gasteiger partial charge in [0.05, 0.1) is 11.8 Å². The monoisotopic (exact) mass is 378 g/mol. The van der Waals surface area contributed by atoms with Crippen LogP contribution in [0, 0.1) is 0 Å². The lowest BCUT2D eigenvalue weighted by Gasteiger charge is -2.26. The Labute approximate surface area is 161 Å². The highest BCUT2D eigenvalue weighted by Gasteiger charge is 2.28. The second kappa shape index (κ2) is 6.63. The summed E-state index contributed by atoms with van der Waals surface area (Å²) in [6.45, 7) is 4.08. The standard InChI is InChI=1S/C20H22N6O2/c1-13-14(2)26-16-17(21-19(26)24(4)22-13)23(3)20(28)25(18(16)27)12-8-11-15-9-6-5-7-10-15/h5-11,14H,12H2,1-4H3/b11-8+/t14-/m0/s1. The second-order valence-electron chi connectivity index (χ2n) is 6.97. The lowest BCUT2D eigenvalue weighted by atomic mass is 10.2. The van der Waals surface area contributed by atoms with E-state index in [0.29, 0.717) is 17.1 Å². The first kappa shape index (κ1) is 18.0. The molecule has 0 bridgehead atoms. The number of aryl methyl sites for hydroxylation is 1. The van der Waals surface area contributed by atoms with E-state index in [-0.39, 0.29) is 18.1 Å². The van der Waals surface area contributed by atoms with E-state index in [1.807, 2.05) is 60.9 Å². The first-order chi connectivity index (χ1) is 13.4. The van der Waals surface area contributed by atoms with Gasteiger partial charge < -0.3 is 0 Å². The Hall–Kier alpha value is -3.42. The summed E-state index contributed by atoms with van der Waals surface area (Å²) in [6, 6.07) is 9.64. The molecule has 8 heteroatoms. The van der Waals surface area contributed by atoms with Gasteiger partial charge in [0.25, 0.3) is 5.56 Å². The van der Waals surface area contributed by atoms with Crippen LogP contribution < -0.4 is 16.3 Å². The van der Waals surface area contributed by atoms with Gasteiger partial charge in [-0.05, 0) is 19.4 Å². The molecule has 144 valence electrons. The van der Waals surface area contributed by atoms with Crippen molar-refractivity contribution in [3.63, 3.8) is 0 Å². The Morgan fingerprint density at radius 3 is 2.57 bits per heavy atom. The average Bonchev–Trinajstić information content (AvgIpc) is 3.10. The number of imidazole rings is 1. The Morgan fingerprint density at radius 1 is 1.14 bits per heavy atom. The molecule has 3 heterocycles. The average molecular weight is 378 g/mol. The van der Waals surface area contributed by atoms with Crippen LogP contribution in [-0.4, -0.2) is 31.4 Å². The number of rotatable bonds is 3. The lowest BCUT2D eigenvalue weighted by Crippen LogP contribution is -2.40. The number of anilines is 1. The summed E-state index contributed by atoms with van der Waals surface area (Å²) >= 11 is 0. The summed E-state index contributed by atoms with van der Waals surface area (Å²) in [5.41, 5.74) is 1.94. The van der Waals surface area contributed by atoms with Crippen LogP contribution in [0.4, 0.5) is 5.95 Å². The van der Waals surface area contributed by atoms with Crippen LogP contribution in [0.5, 0.6) is 0 Å². The largest absolute Gasteiger partial charge is 0.332 e.